The van der Waals surface area contributed by atoms with Crippen LogP contribution in [-0.2, 0) is 14.3 Å². The number of Topliss-reactive ketones (excluding diaryl/α,β-unsaturated/α-hetero) is 1. The van der Waals surface area contributed by atoms with Crippen molar-refractivity contribution in [3.05, 3.63) is 11.8 Å². The van der Waals surface area contributed by atoms with Crippen LogP contribution in [0.1, 0.15) is 34.6 Å². The highest BCUT2D eigenvalue weighted by atomic mass is 16.5. The molecule has 14 heavy (non-hydrogen) atoms. The molecule has 0 aliphatic heterocycles. The Labute approximate surface area is 85.1 Å². The first kappa shape index (κ1) is 12.9. The third-order valence-corrected chi connectivity index (χ3v) is 1.81. The molecule has 1 atom stereocenters. The highest BCUT2D eigenvalue weighted by Crippen LogP contribution is 2.10. The first-order valence-electron chi connectivity index (χ1n) is 4.75. The van der Waals surface area contributed by atoms with Gasteiger partial charge in [0.05, 0.1) is 0 Å². The Kier molecular flexibility index (Phi) is 5.13. The lowest BCUT2D eigenvalue weighted by molar-refractivity contribution is -0.137. The lowest BCUT2D eigenvalue weighted by atomic mass is 9.96. The van der Waals surface area contributed by atoms with Crippen molar-refractivity contribution in [2.45, 2.75) is 34.6 Å². The minimum absolute atomic E-state index is 0.00591. The Hall–Kier alpha value is -1.12. The maximum atomic E-state index is 11.5. The standard InChI is InChI=1S/C11H18O3/c1-7(2)11(13)8(3)6-9(4)14-10(5)12/h6-8H,1-5H3/b9-6-. The number of esters is 1. The van der Waals surface area contributed by atoms with E-state index in [2.05, 4.69) is 0 Å². The molecule has 0 aliphatic carbocycles. The number of ether oxygens (including phenoxy) is 1. The van der Waals surface area contributed by atoms with E-state index in [1.54, 1.807) is 19.9 Å². The lowest BCUT2D eigenvalue weighted by Crippen LogP contribution is -2.15. The van der Waals surface area contributed by atoms with E-state index in [-0.39, 0.29) is 23.6 Å². The van der Waals surface area contributed by atoms with Gasteiger partial charge >= 0.3 is 5.97 Å². The molecule has 0 saturated carbocycles. The molecule has 0 spiro atoms. The Morgan fingerprint density at radius 3 is 2.00 bits per heavy atom. The van der Waals surface area contributed by atoms with E-state index in [9.17, 15) is 9.59 Å². The summed E-state index contributed by atoms with van der Waals surface area (Å²) in [5, 5.41) is 0. The fourth-order valence-electron chi connectivity index (χ4n) is 1.22. The second kappa shape index (κ2) is 5.58. The van der Waals surface area contributed by atoms with E-state index in [4.69, 9.17) is 4.74 Å². The molecule has 0 fully saturated rings. The zero-order chi connectivity index (χ0) is 11.3. The summed E-state index contributed by atoms with van der Waals surface area (Å²) in [4.78, 5) is 22.1. The molecule has 0 N–H and O–H groups in total. The summed E-state index contributed by atoms with van der Waals surface area (Å²) in [5.74, 6) is 0.0826. The van der Waals surface area contributed by atoms with Gasteiger partial charge in [-0.1, -0.05) is 20.8 Å². The first-order valence-corrected chi connectivity index (χ1v) is 4.75. The molecular weight excluding hydrogens is 180 g/mol. The van der Waals surface area contributed by atoms with Gasteiger partial charge in [-0.2, -0.15) is 0 Å². The van der Waals surface area contributed by atoms with Gasteiger partial charge in [0.2, 0.25) is 0 Å². The molecule has 0 radical (unpaired) electrons. The molecule has 3 nitrogen and oxygen atoms in total. The number of carbonyl (C=O) groups is 2. The third-order valence-electron chi connectivity index (χ3n) is 1.81. The van der Waals surface area contributed by atoms with E-state index in [1.165, 1.54) is 6.92 Å². The van der Waals surface area contributed by atoms with Crippen LogP contribution in [0.3, 0.4) is 0 Å². The summed E-state index contributed by atoms with van der Waals surface area (Å²) in [6.45, 7) is 8.52. The van der Waals surface area contributed by atoms with Crippen molar-refractivity contribution in [2.75, 3.05) is 0 Å². The van der Waals surface area contributed by atoms with Gasteiger partial charge in [0.25, 0.3) is 0 Å². The van der Waals surface area contributed by atoms with Gasteiger partial charge in [-0.25, -0.2) is 0 Å². The summed E-state index contributed by atoms with van der Waals surface area (Å²) in [7, 11) is 0. The van der Waals surface area contributed by atoms with Crippen LogP contribution in [0.5, 0.6) is 0 Å². The Morgan fingerprint density at radius 2 is 1.64 bits per heavy atom. The molecule has 0 rings (SSSR count). The zero-order valence-corrected chi connectivity index (χ0v) is 9.46. The topological polar surface area (TPSA) is 43.4 Å². The van der Waals surface area contributed by atoms with Crippen molar-refractivity contribution in [2.24, 2.45) is 11.8 Å². The van der Waals surface area contributed by atoms with Gasteiger partial charge in [0.1, 0.15) is 11.5 Å². The normalized spacial score (nSPS) is 14.0. The molecule has 0 amide bonds. The Morgan fingerprint density at radius 1 is 1.14 bits per heavy atom. The number of hydrogen-bond acceptors (Lipinski definition) is 3. The monoisotopic (exact) mass is 198 g/mol. The van der Waals surface area contributed by atoms with Gasteiger partial charge in [0, 0.05) is 18.8 Å². The van der Waals surface area contributed by atoms with Gasteiger partial charge in [-0.05, 0) is 13.0 Å². The van der Waals surface area contributed by atoms with E-state index < -0.39 is 0 Å². The fourth-order valence-corrected chi connectivity index (χ4v) is 1.22. The molecule has 0 aromatic carbocycles. The van der Waals surface area contributed by atoms with Gasteiger partial charge in [-0.15, -0.1) is 0 Å². The van der Waals surface area contributed by atoms with E-state index in [0.29, 0.717) is 5.76 Å². The van der Waals surface area contributed by atoms with Crippen molar-refractivity contribution in [3.8, 4) is 0 Å². The predicted octanol–water partition coefficient (Wildman–Crippen LogP) is 2.31. The molecule has 3 heteroatoms. The largest absolute Gasteiger partial charge is 0.432 e. The Bertz CT molecular complexity index is 251. The highest BCUT2D eigenvalue weighted by Gasteiger charge is 2.14. The minimum Gasteiger partial charge on any atom is -0.432 e. The second-order valence-electron chi connectivity index (χ2n) is 3.72. The van der Waals surface area contributed by atoms with Gasteiger partial charge in [-0.3, -0.25) is 9.59 Å². The number of carbonyl (C=O) groups excluding carboxylic acids is 2. The Balaban J connectivity index is 4.34. The summed E-state index contributed by atoms with van der Waals surface area (Å²) in [6, 6.07) is 0. The first-order chi connectivity index (χ1) is 6.34. The average Bonchev–Trinajstić information content (AvgIpc) is 2.00. The van der Waals surface area contributed by atoms with Crippen LogP contribution < -0.4 is 0 Å². The molecule has 0 heterocycles. The average molecular weight is 198 g/mol. The number of hydrogen-bond donors (Lipinski definition) is 0. The second-order valence-corrected chi connectivity index (χ2v) is 3.72. The van der Waals surface area contributed by atoms with Crippen LogP contribution in [0.25, 0.3) is 0 Å². The zero-order valence-electron chi connectivity index (χ0n) is 9.46. The molecule has 1 unspecified atom stereocenters. The number of allylic oxidation sites excluding steroid dienone is 2. The van der Waals surface area contributed by atoms with E-state index in [0.717, 1.165) is 0 Å². The van der Waals surface area contributed by atoms with Crippen molar-refractivity contribution in [3.63, 3.8) is 0 Å². The molecule has 80 valence electrons. The lowest BCUT2D eigenvalue weighted by Gasteiger charge is -2.09. The fraction of sp³-hybridized carbons (Fsp3) is 0.636. The van der Waals surface area contributed by atoms with Crippen LogP contribution >= 0.6 is 0 Å². The van der Waals surface area contributed by atoms with Crippen molar-refractivity contribution < 1.29 is 14.3 Å². The van der Waals surface area contributed by atoms with Gasteiger partial charge in [0.15, 0.2) is 0 Å². The summed E-state index contributed by atoms with van der Waals surface area (Å²) in [5.41, 5.74) is 0. The third kappa shape index (κ3) is 4.80. The van der Waals surface area contributed by atoms with Crippen LogP contribution in [0, 0.1) is 11.8 Å². The van der Waals surface area contributed by atoms with Crippen LogP contribution in [0.15, 0.2) is 11.8 Å². The molecule has 0 saturated heterocycles. The molecule has 0 bridgehead atoms. The summed E-state index contributed by atoms with van der Waals surface area (Å²) < 4.78 is 4.82. The molecule has 0 aliphatic rings. The quantitative estimate of drug-likeness (QED) is 0.514. The highest BCUT2D eigenvalue weighted by molar-refractivity contribution is 5.84. The summed E-state index contributed by atoms with van der Waals surface area (Å²) in [6.07, 6.45) is 1.67. The molecular formula is C11H18O3. The maximum absolute atomic E-state index is 11.5. The van der Waals surface area contributed by atoms with Crippen LogP contribution in [-0.4, -0.2) is 11.8 Å². The van der Waals surface area contributed by atoms with Crippen LogP contribution in [0.4, 0.5) is 0 Å². The predicted molar refractivity (Wildman–Crippen MR) is 54.5 cm³/mol. The molecule has 0 aromatic rings. The van der Waals surface area contributed by atoms with Crippen LogP contribution in [0.2, 0.25) is 0 Å². The van der Waals surface area contributed by atoms with Crippen molar-refractivity contribution >= 4 is 11.8 Å². The maximum Gasteiger partial charge on any atom is 0.307 e. The minimum atomic E-state index is -0.358. The van der Waals surface area contributed by atoms with Crippen molar-refractivity contribution in [1.29, 1.82) is 0 Å². The SMILES string of the molecule is CC(=O)O/C(C)=C\C(C)C(=O)C(C)C. The van der Waals surface area contributed by atoms with Gasteiger partial charge < -0.3 is 4.74 Å². The smallest absolute Gasteiger partial charge is 0.307 e. The number of rotatable bonds is 4. The number of ketones is 1. The van der Waals surface area contributed by atoms with Crippen molar-refractivity contribution in [1.82, 2.24) is 0 Å². The molecule has 0 aromatic heterocycles. The van der Waals surface area contributed by atoms with E-state index in [1.807, 2.05) is 13.8 Å². The summed E-state index contributed by atoms with van der Waals surface area (Å²) >= 11 is 0. The van der Waals surface area contributed by atoms with E-state index >= 15 is 0 Å².